The average molecular weight is 207 g/mol. The van der Waals surface area contributed by atoms with E-state index in [-0.39, 0.29) is 11.4 Å². The number of nitrogen functional groups attached to an aromatic ring is 1. The lowest BCUT2D eigenvalue weighted by atomic mass is 9.98. The van der Waals surface area contributed by atoms with Crippen molar-refractivity contribution in [2.24, 2.45) is 0 Å². The predicted molar refractivity (Wildman–Crippen MR) is 57.5 cm³/mol. The molecule has 15 heavy (non-hydrogen) atoms. The van der Waals surface area contributed by atoms with Crippen LogP contribution in [0.2, 0.25) is 0 Å². The molecular weight excluding hydrogens is 194 g/mol. The van der Waals surface area contributed by atoms with Crippen molar-refractivity contribution in [3.63, 3.8) is 0 Å². The maximum Gasteiger partial charge on any atom is 0.292 e. The number of hydrogen-bond donors (Lipinski definition) is 1. The third-order valence-electron chi connectivity index (χ3n) is 2.75. The molecule has 0 radical (unpaired) electrons. The summed E-state index contributed by atoms with van der Waals surface area (Å²) in [7, 11) is 2.03. The van der Waals surface area contributed by atoms with Crippen molar-refractivity contribution < 1.29 is 4.92 Å². The van der Waals surface area contributed by atoms with Gasteiger partial charge in [-0.15, -0.1) is 0 Å². The van der Waals surface area contributed by atoms with Gasteiger partial charge in [-0.05, 0) is 30.7 Å². The van der Waals surface area contributed by atoms with Gasteiger partial charge >= 0.3 is 0 Å². The van der Waals surface area contributed by atoms with Crippen LogP contribution in [-0.2, 0) is 13.0 Å². The topological polar surface area (TPSA) is 72.4 Å². The molecule has 2 N–H and O–H groups in total. The summed E-state index contributed by atoms with van der Waals surface area (Å²) in [6.07, 6.45) is 0.854. The summed E-state index contributed by atoms with van der Waals surface area (Å²) in [6, 6.07) is 3.33. The molecule has 1 aromatic rings. The summed E-state index contributed by atoms with van der Waals surface area (Å²) in [4.78, 5) is 12.4. The second kappa shape index (κ2) is 3.51. The molecule has 0 aliphatic carbocycles. The number of nitrogens with zero attached hydrogens (tertiary/aromatic N) is 2. The minimum atomic E-state index is -0.423. The Morgan fingerprint density at radius 2 is 2.20 bits per heavy atom. The molecule has 1 aliphatic heterocycles. The lowest BCUT2D eigenvalue weighted by Gasteiger charge is -2.24. The van der Waals surface area contributed by atoms with Crippen LogP contribution in [-0.4, -0.2) is 23.4 Å². The number of nitro benzene ring substituents is 1. The third kappa shape index (κ3) is 1.78. The molecule has 0 saturated heterocycles. The first-order valence-electron chi connectivity index (χ1n) is 4.82. The summed E-state index contributed by atoms with van der Waals surface area (Å²) in [5, 5.41) is 10.7. The van der Waals surface area contributed by atoms with Crippen LogP contribution in [0.25, 0.3) is 0 Å². The Morgan fingerprint density at radius 3 is 2.87 bits per heavy atom. The first-order chi connectivity index (χ1) is 7.08. The molecular formula is C10H13N3O2. The summed E-state index contributed by atoms with van der Waals surface area (Å²) >= 11 is 0. The summed E-state index contributed by atoms with van der Waals surface area (Å²) in [5.41, 5.74) is 8.07. The fourth-order valence-corrected chi connectivity index (χ4v) is 1.91. The Morgan fingerprint density at radius 1 is 1.47 bits per heavy atom. The number of nitro groups is 1. The molecule has 0 atom stereocenters. The van der Waals surface area contributed by atoms with Crippen LogP contribution in [0.15, 0.2) is 12.1 Å². The summed E-state index contributed by atoms with van der Waals surface area (Å²) in [5.74, 6) is 0. The molecule has 1 aromatic carbocycles. The molecule has 5 heteroatoms. The highest BCUT2D eigenvalue weighted by molar-refractivity contribution is 5.62. The van der Waals surface area contributed by atoms with E-state index in [0.717, 1.165) is 30.6 Å². The average Bonchev–Trinajstić information content (AvgIpc) is 2.15. The zero-order chi connectivity index (χ0) is 11.0. The Kier molecular flexibility index (Phi) is 2.32. The number of hydrogen-bond acceptors (Lipinski definition) is 4. The molecule has 0 amide bonds. The smallest absolute Gasteiger partial charge is 0.292 e. The van der Waals surface area contributed by atoms with E-state index in [4.69, 9.17) is 5.73 Å². The Balaban J connectivity index is 2.46. The lowest BCUT2D eigenvalue weighted by molar-refractivity contribution is -0.384. The zero-order valence-corrected chi connectivity index (χ0v) is 8.56. The largest absolute Gasteiger partial charge is 0.393 e. The van der Waals surface area contributed by atoms with Gasteiger partial charge in [0.2, 0.25) is 0 Å². The van der Waals surface area contributed by atoms with E-state index in [1.165, 1.54) is 0 Å². The Hall–Kier alpha value is -1.62. The van der Waals surface area contributed by atoms with Crippen molar-refractivity contribution in [1.82, 2.24) is 4.90 Å². The van der Waals surface area contributed by atoms with Crippen LogP contribution < -0.4 is 5.73 Å². The molecule has 0 saturated carbocycles. The first-order valence-corrected chi connectivity index (χ1v) is 4.82. The fourth-order valence-electron chi connectivity index (χ4n) is 1.91. The zero-order valence-electron chi connectivity index (χ0n) is 8.56. The van der Waals surface area contributed by atoms with E-state index in [2.05, 4.69) is 4.90 Å². The molecule has 0 fully saturated rings. The van der Waals surface area contributed by atoms with Crippen LogP contribution in [0.3, 0.4) is 0 Å². The van der Waals surface area contributed by atoms with E-state index in [1.807, 2.05) is 7.05 Å². The van der Waals surface area contributed by atoms with Gasteiger partial charge < -0.3 is 10.6 Å². The number of fused-ring (bicyclic) bond motifs is 1. The number of likely N-dealkylation sites (N-methyl/N-ethyl adjacent to an activating group) is 1. The second-order valence-corrected chi connectivity index (χ2v) is 3.92. The van der Waals surface area contributed by atoms with Crippen molar-refractivity contribution in [2.45, 2.75) is 13.0 Å². The highest BCUT2D eigenvalue weighted by Gasteiger charge is 2.19. The molecule has 2 rings (SSSR count). The molecule has 0 unspecified atom stereocenters. The fraction of sp³-hybridized carbons (Fsp3) is 0.400. The van der Waals surface area contributed by atoms with E-state index >= 15 is 0 Å². The van der Waals surface area contributed by atoms with Crippen LogP contribution >= 0.6 is 0 Å². The maximum absolute atomic E-state index is 10.7. The van der Waals surface area contributed by atoms with Crippen molar-refractivity contribution in [2.75, 3.05) is 19.3 Å². The SMILES string of the molecule is CN1CCc2cc([N+](=O)[O-])c(N)cc2C1. The molecule has 5 nitrogen and oxygen atoms in total. The standard InChI is InChI=1S/C10H13N3O2/c1-12-3-2-7-5-10(13(14)15)9(11)4-8(7)6-12/h4-5H,2-3,6,11H2,1H3. The number of anilines is 1. The maximum atomic E-state index is 10.7. The van der Waals surface area contributed by atoms with Gasteiger partial charge in [0, 0.05) is 19.2 Å². The molecule has 0 bridgehead atoms. The minimum Gasteiger partial charge on any atom is -0.393 e. The van der Waals surface area contributed by atoms with Gasteiger partial charge in [-0.1, -0.05) is 0 Å². The summed E-state index contributed by atoms with van der Waals surface area (Å²) < 4.78 is 0. The molecule has 0 aromatic heterocycles. The quantitative estimate of drug-likeness (QED) is 0.426. The third-order valence-corrected chi connectivity index (χ3v) is 2.75. The lowest BCUT2D eigenvalue weighted by Crippen LogP contribution is -2.26. The normalized spacial score (nSPS) is 16.1. The Bertz CT molecular complexity index is 417. The van der Waals surface area contributed by atoms with Gasteiger partial charge in [0.25, 0.3) is 5.69 Å². The molecule has 80 valence electrons. The number of rotatable bonds is 1. The van der Waals surface area contributed by atoms with E-state index in [9.17, 15) is 10.1 Å². The van der Waals surface area contributed by atoms with E-state index in [1.54, 1.807) is 12.1 Å². The van der Waals surface area contributed by atoms with Gasteiger partial charge in [-0.3, -0.25) is 10.1 Å². The highest BCUT2D eigenvalue weighted by Crippen LogP contribution is 2.28. The van der Waals surface area contributed by atoms with Gasteiger partial charge in [0.15, 0.2) is 0 Å². The van der Waals surface area contributed by atoms with Crippen LogP contribution in [0.5, 0.6) is 0 Å². The van der Waals surface area contributed by atoms with Gasteiger partial charge in [0.1, 0.15) is 5.69 Å². The van der Waals surface area contributed by atoms with Gasteiger partial charge in [-0.25, -0.2) is 0 Å². The van der Waals surface area contributed by atoms with Gasteiger partial charge in [-0.2, -0.15) is 0 Å². The van der Waals surface area contributed by atoms with E-state index in [0.29, 0.717) is 0 Å². The van der Waals surface area contributed by atoms with Crippen molar-refractivity contribution in [1.29, 1.82) is 0 Å². The second-order valence-electron chi connectivity index (χ2n) is 3.92. The number of benzene rings is 1. The van der Waals surface area contributed by atoms with Crippen molar-refractivity contribution >= 4 is 11.4 Å². The van der Waals surface area contributed by atoms with Crippen LogP contribution in [0.4, 0.5) is 11.4 Å². The predicted octanol–water partition coefficient (Wildman–Crippen LogP) is 1.16. The van der Waals surface area contributed by atoms with Crippen molar-refractivity contribution in [3.05, 3.63) is 33.4 Å². The Labute approximate surface area is 87.6 Å². The molecule has 1 heterocycles. The number of nitrogens with two attached hydrogens (primary N) is 1. The summed E-state index contributed by atoms with van der Waals surface area (Å²) in [6.45, 7) is 1.76. The van der Waals surface area contributed by atoms with Crippen LogP contribution in [0.1, 0.15) is 11.1 Å². The van der Waals surface area contributed by atoms with E-state index < -0.39 is 4.92 Å². The first kappa shape index (κ1) is 9.92. The monoisotopic (exact) mass is 207 g/mol. The van der Waals surface area contributed by atoms with Crippen molar-refractivity contribution in [3.8, 4) is 0 Å². The highest BCUT2D eigenvalue weighted by atomic mass is 16.6. The van der Waals surface area contributed by atoms with Crippen LogP contribution in [0, 0.1) is 10.1 Å². The van der Waals surface area contributed by atoms with Gasteiger partial charge in [0.05, 0.1) is 4.92 Å². The minimum absolute atomic E-state index is 0.0262. The molecule has 1 aliphatic rings. The molecule has 0 spiro atoms.